The second kappa shape index (κ2) is 12.7. The van der Waals surface area contributed by atoms with Crippen molar-refractivity contribution in [2.24, 2.45) is 0 Å². The van der Waals surface area contributed by atoms with Crippen molar-refractivity contribution in [3.63, 3.8) is 0 Å². The van der Waals surface area contributed by atoms with Crippen LogP contribution in [0.3, 0.4) is 0 Å². The fourth-order valence-corrected chi connectivity index (χ4v) is 5.96. The van der Waals surface area contributed by atoms with Crippen molar-refractivity contribution >= 4 is 27.5 Å². The Morgan fingerprint density at radius 1 is 0.875 bits per heavy atom. The molecule has 0 saturated heterocycles. The number of amides is 2. The number of nitrogens with one attached hydrogen (secondary N) is 1. The molecule has 3 aromatic rings. The van der Waals surface area contributed by atoms with Gasteiger partial charge in [-0.25, -0.2) is 8.42 Å². The largest absolute Gasteiger partial charge is 0.350 e. The fourth-order valence-electron chi connectivity index (χ4n) is 4.48. The number of anilines is 1. The maximum Gasteiger partial charge on any atom is 0.264 e. The fraction of sp³-hybridized carbons (Fsp3) is 0.375. The zero-order chi connectivity index (χ0) is 29.7. The highest BCUT2D eigenvalue weighted by Crippen LogP contribution is 2.28. The molecule has 0 radical (unpaired) electrons. The minimum atomic E-state index is -4.09. The van der Waals surface area contributed by atoms with Gasteiger partial charge >= 0.3 is 0 Å². The van der Waals surface area contributed by atoms with E-state index in [1.807, 2.05) is 84.0 Å². The summed E-state index contributed by atoms with van der Waals surface area (Å²) in [5, 5.41) is 2.95. The number of hydrogen-bond acceptors (Lipinski definition) is 4. The Morgan fingerprint density at radius 3 is 2.05 bits per heavy atom. The third-order valence-corrected chi connectivity index (χ3v) is 8.43. The van der Waals surface area contributed by atoms with E-state index in [4.69, 9.17) is 0 Å². The van der Waals surface area contributed by atoms with Crippen LogP contribution in [0.4, 0.5) is 5.69 Å². The van der Waals surface area contributed by atoms with Gasteiger partial charge in [-0.1, -0.05) is 65.7 Å². The average molecular weight is 564 g/mol. The van der Waals surface area contributed by atoms with Crippen molar-refractivity contribution in [3.8, 4) is 0 Å². The molecule has 0 fully saturated rings. The lowest BCUT2D eigenvalue weighted by atomic mass is 10.1. The first-order chi connectivity index (χ1) is 18.7. The van der Waals surface area contributed by atoms with E-state index in [0.29, 0.717) is 12.1 Å². The van der Waals surface area contributed by atoms with Gasteiger partial charge in [-0.15, -0.1) is 0 Å². The second-order valence-electron chi connectivity index (χ2n) is 11.4. The van der Waals surface area contributed by atoms with Gasteiger partial charge < -0.3 is 10.2 Å². The Balaban J connectivity index is 2.02. The van der Waals surface area contributed by atoms with Crippen LogP contribution in [0, 0.1) is 20.8 Å². The summed E-state index contributed by atoms with van der Waals surface area (Å²) in [4.78, 5) is 28.8. The molecule has 0 aliphatic heterocycles. The van der Waals surface area contributed by atoms with Gasteiger partial charge in [-0.3, -0.25) is 13.9 Å². The molecular formula is C32H41N3O4S. The smallest absolute Gasteiger partial charge is 0.264 e. The summed E-state index contributed by atoms with van der Waals surface area (Å²) in [6.07, 6.45) is 0.522. The summed E-state index contributed by atoms with van der Waals surface area (Å²) in [5.74, 6) is -0.753. The monoisotopic (exact) mass is 563 g/mol. The van der Waals surface area contributed by atoms with E-state index in [2.05, 4.69) is 5.32 Å². The van der Waals surface area contributed by atoms with Gasteiger partial charge in [0.2, 0.25) is 11.8 Å². The van der Waals surface area contributed by atoms with Crippen LogP contribution in [0.2, 0.25) is 0 Å². The summed E-state index contributed by atoms with van der Waals surface area (Å²) in [7, 11) is -4.09. The Morgan fingerprint density at radius 2 is 1.48 bits per heavy atom. The van der Waals surface area contributed by atoms with E-state index in [1.54, 1.807) is 37.3 Å². The molecule has 3 rings (SSSR count). The number of hydrogen-bond donors (Lipinski definition) is 1. The van der Waals surface area contributed by atoms with Crippen molar-refractivity contribution in [1.82, 2.24) is 10.2 Å². The van der Waals surface area contributed by atoms with E-state index in [1.165, 1.54) is 9.21 Å². The first-order valence-electron chi connectivity index (χ1n) is 13.5. The molecule has 214 valence electrons. The van der Waals surface area contributed by atoms with E-state index >= 15 is 0 Å². The van der Waals surface area contributed by atoms with Crippen LogP contribution < -0.4 is 9.62 Å². The molecule has 7 nitrogen and oxygen atoms in total. The third kappa shape index (κ3) is 7.94. The van der Waals surface area contributed by atoms with Gasteiger partial charge in [0.05, 0.1) is 10.6 Å². The predicted molar refractivity (Wildman–Crippen MR) is 161 cm³/mol. The number of sulfonamides is 1. The molecule has 0 saturated carbocycles. The van der Waals surface area contributed by atoms with Crippen molar-refractivity contribution in [2.45, 2.75) is 71.4 Å². The standard InChI is InChI=1S/C32H41N3O4S/c1-23-13-16-28(17-14-23)40(38,39)35(29-18-15-24(2)21-25(29)3)22-30(36)34(20-19-27-11-9-8-10-12-27)26(4)31(37)33-32(5,6)7/h8-18,21,26H,19-20,22H2,1-7H3,(H,33,37)/t26-/m0/s1. The Bertz CT molecular complexity index is 1430. The van der Waals surface area contributed by atoms with Crippen LogP contribution in [0.25, 0.3) is 0 Å². The third-order valence-electron chi connectivity index (χ3n) is 6.66. The number of carbonyl (C=O) groups is 2. The molecule has 0 aliphatic carbocycles. The summed E-state index contributed by atoms with van der Waals surface area (Å²) < 4.78 is 29.1. The molecule has 0 spiro atoms. The maximum atomic E-state index is 14.0. The Kier molecular flexibility index (Phi) is 9.79. The topological polar surface area (TPSA) is 86.8 Å². The second-order valence-corrected chi connectivity index (χ2v) is 13.2. The van der Waals surface area contributed by atoms with Gasteiger partial charge in [0.1, 0.15) is 12.6 Å². The highest BCUT2D eigenvalue weighted by Gasteiger charge is 2.33. The first kappa shape index (κ1) is 30.9. The van der Waals surface area contributed by atoms with Gasteiger partial charge in [-0.05, 0) is 84.2 Å². The zero-order valence-electron chi connectivity index (χ0n) is 24.6. The van der Waals surface area contributed by atoms with Crippen LogP contribution in [0.1, 0.15) is 49.9 Å². The average Bonchev–Trinajstić information content (AvgIpc) is 2.87. The number of benzene rings is 3. The van der Waals surface area contributed by atoms with Gasteiger partial charge in [0, 0.05) is 12.1 Å². The minimum Gasteiger partial charge on any atom is -0.350 e. The molecule has 0 heterocycles. The lowest BCUT2D eigenvalue weighted by molar-refractivity contribution is -0.139. The number of aryl methyl sites for hydroxylation is 3. The quantitative estimate of drug-likeness (QED) is 0.368. The van der Waals surface area contributed by atoms with Crippen LogP contribution in [-0.4, -0.2) is 49.8 Å². The molecule has 0 bridgehead atoms. The lowest BCUT2D eigenvalue weighted by Gasteiger charge is -2.34. The lowest BCUT2D eigenvalue weighted by Crippen LogP contribution is -2.55. The van der Waals surface area contributed by atoms with Gasteiger partial charge in [-0.2, -0.15) is 0 Å². The van der Waals surface area contributed by atoms with Crippen LogP contribution in [0.5, 0.6) is 0 Å². The van der Waals surface area contributed by atoms with E-state index in [0.717, 1.165) is 22.3 Å². The number of carbonyl (C=O) groups excluding carboxylic acids is 2. The molecule has 1 N–H and O–H groups in total. The maximum absolute atomic E-state index is 14.0. The van der Waals surface area contributed by atoms with Crippen molar-refractivity contribution < 1.29 is 18.0 Å². The van der Waals surface area contributed by atoms with Gasteiger partial charge in [0.25, 0.3) is 10.0 Å². The normalized spacial score (nSPS) is 12.5. The predicted octanol–water partition coefficient (Wildman–Crippen LogP) is 5.18. The molecule has 0 aromatic heterocycles. The summed E-state index contributed by atoms with van der Waals surface area (Å²) in [5.41, 5.74) is 3.60. The highest BCUT2D eigenvalue weighted by atomic mass is 32.2. The highest BCUT2D eigenvalue weighted by molar-refractivity contribution is 7.92. The molecule has 8 heteroatoms. The Hall–Kier alpha value is -3.65. The zero-order valence-corrected chi connectivity index (χ0v) is 25.4. The van der Waals surface area contributed by atoms with Crippen molar-refractivity contribution in [2.75, 3.05) is 17.4 Å². The summed E-state index contributed by atoms with van der Waals surface area (Å²) >= 11 is 0. The molecule has 2 amide bonds. The summed E-state index contributed by atoms with van der Waals surface area (Å²) in [6.45, 7) is 12.8. The SMILES string of the molecule is Cc1ccc(S(=O)(=O)N(CC(=O)N(CCc2ccccc2)[C@@H](C)C(=O)NC(C)(C)C)c2ccc(C)cc2C)cc1. The Labute approximate surface area is 239 Å². The van der Waals surface area contributed by atoms with Crippen LogP contribution in [-0.2, 0) is 26.0 Å². The minimum absolute atomic E-state index is 0.0974. The number of rotatable bonds is 10. The first-order valence-corrected chi connectivity index (χ1v) is 14.9. The molecular weight excluding hydrogens is 522 g/mol. The molecule has 0 aliphatic rings. The van der Waals surface area contributed by atoms with Crippen LogP contribution in [0.15, 0.2) is 77.7 Å². The molecule has 3 aromatic carbocycles. The number of nitrogens with zero attached hydrogens (tertiary/aromatic N) is 2. The molecule has 40 heavy (non-hydrogen) atoms. The van der Waals surface area contributed by atoms with Crippen molar-refractivity contribution in [1.29, 1.82) is 0 Å². The van der Waals surface area contributed by atoms with E-state index in [-0.39, 0.29) is 17.3 Å². The molecule has 0 unspecified atom stereocenters. The van der Waals surface area contributed by atoms with Crippen LogP contribution >= 0.6 is 0 Å². The van der Waals surface area contributed by atoms with E-state index in [9.17, 15) is 18.0 Å². The molecule has 1 atom stereocenters. The van der Waals surface area contributed by atoms with Crippen molar-refractivity contribution in [3.05, 3.63) is 95.1 Å². The van der Waals surface area contributed by atoms with Gasteiger partial charge in [0.15, 0.2) is 0 Å². The summed E-state index contributed by atoms with van der Waals surface area (Å²) in [6, 6.07) is 20.9. The van der Waals surface area contributed by atoms with E-state index < -0.39 is 34.1 Å².